The van der Waals surface area contributed by atoms with Crippen molar-refractivity contribution < 1.29 is 23.9 Å². The molecule has 0 aliphatic heterocycles. The van der Waals surface area contributed by atoms with E-state index < -0.39 is 36.0 Å². The van der Waals surface area contributed by atoms with Gasteiger partial charge in [0.25, 0.3) is 0 Å². The number of rotatable bonds is 10. The normalized spacial score (nSPS) is 13.0. The first-order chi connectivity index (χ1) is 15.4. The molecular formula is C24H27N3O5. The topological polar surface area (TPSA) is 118 Å². The van der Waals surface area contributed by atoms with Crippen molar-refractivity contribution >= 4 is 18.0 Å². The van der Waals surface area contributed by atoms with Gasteiger partial charge in [0.05, 0.1) is 13.2 Å². The molecule has 0 saturated carbocycles. The van der Waals surface area contributed by atoms with Gasteiger partial charge in [-0.25, -0.2) is 9.59 Å². The Morgan fingerprint density at radius 3 is 2.09 bits per heavy atom. The largest absolute Gasteiger partial charge is 0.467 e. The molecule has 2 aromatic carbocycles. The fraction of sp³-hybridized carbons (Fsp3) is 0.333. The molecule has 0 aromatic heterocycles. The first kappa shape index (κ1) is 24.4. The highest BCUT2D eigenvalue weighted by atomic mass is 16.5. The van der Waals surface area contributed by atoms with Crippen molar-refractivity contribution in [2.75, 3.05) is 7.11 Å². The summed E-state index contributed by atoms with van der Waals surface area (Å²) in [5.41, 5.74) is 1.62. The van der Waals surface area contributed by atoms with Gasteiger partial charge in [0.1, 0.15) is 18.7 Å². The van der Waals surface area contributed by atoms with Gasteiger partial charge in [0.15, 0.2) is 0 Å². The van der Waals surface area contributed by atoms with Crippen molar-refractivity contribution in [1.29, 1.82) is 5.26 Å². The average Bonchev–Trinajstić information content (AvgIpc) is 2.82. The number of amides is 2. The molecule has 0 unspecified atom stereocenters. The Hall–Kier alpha value is -3.86. The van der Waals surface area contributed by atoms with Crippen LogP contribution in [0.15, 0.2) is 60.7 Å². The predicted molar refractivity (Wildman–Crippen MR) is 117 cm³/mol. The highest BCUT2D eigenvalue weighted by molar-refractivity contribution is 5.89. The first-order valence-electron chi connectivity index (χ1n) is 10.2. The van der Waals surface area contributed by atoms with E-state index in [0.29, 0.717) is 0 Å². The molecule has 3 atom stereocenters. The number of nitrogens with one attached hydrogen (secondary N) is 2. The monoisotopic (exact) mass is 437 g/mol. The Labute approximate surface area is 187 Å². The Morgan fingerprint density at radius 1 is 0.938 bits per heavy atom. The van der Waals surface area contributed by atoms with Gasteiger partial charge in [0.2, 0.25) is 5.91 Å². The second kappa shape index (κ2) is 12.7. The summed E-state index contributed by atoms with van der Waals surface area (Å²) in [6, 6.07) is 18.3. The summed E-state index contributed by atoms with van der Waals surface area (Å²) in [7, 11) is 1.21. The lowest BCUT2D eigenvalue weighted by Crippen LogP contribution is -2.53. The molecule has 2 aromatic rings. The molecule has 2 amide bonds. The van der Waals surface area contributed by atoms with Gasteiger partial charge < -0.3 is 20.1 Å². The minimum atomic E-state index is -1.01. The summed E-state index contributed by atoms with van der Waals surface area (Å²) in [4.78, 5) is 37.5. The standard InChI is InChI=1S/C24H27N3O5/c1-17(15-25)13-21(23(29)31-2)26-22(28)20(14-18-9-5-3-6-10-18)27-24(30)32-16-19-11-7-4-8-12-19/h3-12,17,20-21H,13-14,16H2,1-2H3,(H,26,28)(H,27,30)/t17-,20+,21+/m1/s1. The number of benzene rings is 2. The summed E-state index contributed by atoms with van der Waals surface area (Å²) in [6.45, 7) is 1.69. The average molecular weight is 437 g/mol. The minimum Gasteiger partial charge on any atom is -0.467 e. The van der Waals surface area contributed by atoms with Crippen molar-refractivity contribution in [3.63, 3.8) is 0 Å². The molecule has 2 rings (SSSR count). The molecule has 0 bridgehead atoms. The number of hydrogen-bond acceptors (Lipinski definition) is 6. The van der Waals surface area contributed by atoms with Gasteiger partial charge in [-0.3, -0.25) is 4.79 Å². The van der Waals surface area contributed by atoms with E-state index in [1.807, 2.05) is 66.7 Å². The van der Waals surface area contributed by atoms with E-state index in [0.717, 1.165) is 11.1 Å². The Bertz CT molecular complexity index is 928. The number of nitriles is 1. The van der Waals surface area contributed by atoms with E-state index in [9.17, 15) is 14.4 Å². The highest BCUT2D eigenvalue weighted by Gasteiger charge is 2.29. The molecule has 0 fully saturated rings. The maximum absolute atomic E-state index is 13.0. The van der Waals surface area contributed by atoms with Crippen LogP contribution in [0.5, 0.6) is 0 Å². The van der Waals surface area contributed by atoms with Crippen molar-refractivity contribution in [3.05, 3.63) is 71.8 Å². The third-order valence-electron chi connectivity index (χ3n) is 4.72. The van der Waals surface area contributed by atoms with Crippen LogP contribution >= 0.6 is 0 Å². The molecule has 0 aliphatic rings. The van der Waals surface area contributed by atoms with Crippen LogP contribution in [-0.4, -0.2) is 37.2 Å². The Morgan fingerprint density at radius 2 is 1.53 bits per heavy atom. The highest BCUT2D eigenvalue weighted by Crippen LogP contribution is 2.09. The number of methoxy groups -OCH3 is 1. The molecule has 8 nitrogen and oxygen atoms in total. The van der Waals surface area contributed by atoms with Crippen molar-refractivity contribution in [2.24, 2.45) is 5.92 Å². The van der Waals surface area contributed by atoms with Crippen molar-refractivity contribution in [2.45, 2.75) is 38.5 Å². The van der Waals surface area contributed by atoms with Crippen LogP contribution in [0, 0.1) is 17.2 Å². The van der Waals surface area contributed by atoms with Gasteiger partial charge in [-0.1, -0.05) is 60.7 Å². The number of nitrogens with zero attached hydrogens (tertiary/aromatic N) is 1. The van der Waals surface area contributed by atoms with E-state index in [4.69, 9.17) is 14.7 Å². The van der Waals surface area contributed by atoms with E-state index in [-0.39, 0.29) is 19.4 Å². The summed E-state index contributed by atoms with van der Waals surface area (Å²) < 4.78 is 9.99. The first-order valence-corrected chi connectivity index (χ1v) is 10.2. The van der Waals surface area contributed by atoms with E-state index in [1.54, 1.807) is 6.92 Å². The second-order valence-corrected chi connectivity index (χ2v) is 7.30. The van der Waals surface area contributed by atoms with Crippen LogP contribution in [-0.2, 0) is 32.1 Å². The van der Waals surface area contributed by atoms with Crippen LogP contribution < -0.4 is 10.6 Å². The lowest BCUT2D eigenvalue weighted by Gasteiger charge is -2.22. The zero-order valence-electron chi connectivity index (χ0n) is 18.1. The molecule has 0 radical (unpaired) electrons. The third-order valence-corrected chi connectivity index (χ3v) is 4.72. The van der Waals surface area contributed by atoms with Crippen LogP contribution in [0.1, 0.15) is 24.5 Å². The fourth-order valence-electron chi connectivity index (χ4n) is 3.00. The summed E-state index contributed by atoms with van der Waals surface area (Å²) in [6.07, 6.45) is -0.481. The predicted octanol–water partition coefficient (Wildman–Crippen LogP) is 2.73. The lowest BCUT2D eigenvalue weighted by atomic mass is 10.0. The van der Waals surface area contributed by atoms with Crippen LogP contribution in [0.3, 0.4) is 0 Å². The molecule has 168 valence electrons. The molecule has 0 heterocycles. The number of carbonyl (C=O) groups excluding carboxylic acids is 3. The quantitative estimate of drug-likeness (QED) is 0.552. The SMILES string of the molecule is COC(=O)[C@H](C[C@@H](C)C#N)NC(=O)[C@H](Cc1ccccc1)NC(=O)OCc1ccccc1. The molecule has 32 heavy (non-hydrogen) atoms. The zero-order valence-corrected chi connectivity index (χ0v) is 18.1. The number of hydrogen-bond donors (Lipinski definition) is 2. The van der Waals surface area contributed by atoms with Crippen LogP contribution in [0.2, 0.25) is 0 Å². The van der Waals surface area contributed by atoms with Crippen LogP contribution in [0.4, 0.5) is 4.79 Å². The second-order valence-electron chi connectivity index (χ2n) is 7.30. The summed E-state index contributed by atoms with van der Waals surface area (Å²) in [5, 5.41) is 14.2. The fourth-order valence-corrected chi connectivity index (χ4v) is 3.00. The van der Waals surface area contributed by atoms with E-state index in [1.165, 1.54) is 7.11 Å². The summed E-state index contributed by atoms with van der Waals surface area (Å²) in [5.74, 6) is -1.72. The maximum Gasteiger partial charge on any atom is 0.408 e. The van der Waals surface area contributed by atoms with Gasteiger partial charge in [-0.15, -0.1) is 0 Å². The molecule has 0 spiro atoms. The zero-order chi connectivity index (χ0) is 23.3. The number of alkyl carbamates (subject to hydrolysis) is 1. The van der Waals surface area contributed by atoms with Crippen molar-refractivity contribution in [1.82, 2.24) is 10.6 Å². The van der Waals surface area contributed by atoms with Gasteiger partial charge in [0, 0.05) is 12.3 Å². The number of ether oxygens (including phenoxy) is 2. The summed E-state index contributed by atoms with van der Waals surface area (Å²) >= 11 is 0. The molecule has 8 heteroatoms. The molecule has 2 N–H and O–H groups in total. The number of esters is 1. The van der Waals surface area contributed by atoms with Gasteiger partial charge in [-0.05, 0) is 24.5 Å². The van der Waals surface area contributed by atoms with Crippen molar-refractivity contribution in [3.8, 4) is 6.07 Å². The van der Waals surface area contributed by atoms with Crippen LogP contribution in [0.25, 0.3) is 0 Å². The lowest BCUT2D eigenvalue weighted by molar-refractivity contribution is -0.145. The van der Waals surface area contributed by atoms with E-state index in [2.05, 4.69) is 10.6 Å². The third kappa shape index (κ3) is 8.11. The number of carbonyl (C=O) groups is 3. The molecule has 0 aliphatic carbocycles. The van der Waals surface area contributed by atoms with Gasteiger partial charge in [-0.2, -0.15) is 5.26 Å². The van der Waals surface area contributed by atoms with E-state index >= 15 is 0 Å². The Balaban J connectivity index is 2.10. The Kier molecular flexibility index (Phi) is 9.72. The molecular weight excluding hydrogens is 410 g/mol. The van der Waals surface area contributed by atoms with Gasteiger partial charge >= 0.3 is 12.1 Å². The molecule has 0 saturated heterocycles. The smallest absolute Gasteiger partial charge is 0.408 e. The maximum atomic E-state index is 13.0. The minimum absolute atomic E-state index is 0.0524.